The SMILES string of the molecule is Nc1nc2c(ncn2[C@@H]2O[C@@H]3COP(O)(=S)OC4[C@@H](COP(=O)(O)OC2C3O)O[C@@H](n2cnc3c(N)ncnc32)[C@H]4O)c(=O)[nH]1. The smallest absolute Gasteiger partial charge is 0.387 e. The van der Waals surface area contributed by atoms with Crippen LogP contribution in [-0.4, -0.2) is 109 Å². The Labute approximate surface area is 254 Å². The van der Waals surface area contributed by atoms with Gasteiger partial charge < -0.3 is 45.5 Å². The van der Waals surface area contributed by atoms with Gasteiger partial charge in [-0.15, -0.1) is 0 Å². The number of hydrogen-bond donors (Lipinski definition) is 7. The highest BCUT2D eigenvalue weighted by atomic mass is 32.5. The molecule has 3 aliphatic rings. The largest absolute Gasteiger partial charge is 0.472 e. The van der Waals surface area contributed by atoms with Crippen LogP contribution in [0.3, 0.4) is 0 Å². The zero-order valence-electron chi connectivity index (χ0n) is 22.4. The number of imidazole rings is 2. The van der Waals surface area contributed by atoms with Crippen LogP contribution in [0.25, 0.3) is 22.3 Å². The fourth-order valence-corrected chi connectivity index (χ4v) is 7.67. The number of fused-ring (bicyclic) bond motifs is 5. The molecule has 5 unspecified atom stereocenters. The van der Waals surface area contributed by atoms with E-state index in [-0.39, 0.29) is 34.1 Å². The number of nitrogen functional groups attached to an aromatic ring is 2. The number of anilines is 2. The normalized spacial score (nSPS) is 37.7. The van der Waals surface area contributed by atoms with Gasteiger partial charge in [0.05, 0.1) is 25.9 Å². The van der Waals surface area contributed by atoms with Crippen LogP contribution in [0.1, 0.15) is 12.5 Å². The van der Waals surface area contributed by atoms with E-state index in [9.17, 15) is 29.4 Å². The maximum absolute atomic E-state index is 13.2. The molecule has 0 aromatic carbocycles. The molecule has 25 heteroatoms. The number of H-pyrrole nitrogens is 1. The van der Waals surface area contributed by atoms with E-state index in [1.54, 1.807) is 0 Å². The first-order valence-corrected chi connectivity index (χ1v) is 17.0. The van der Waals surface area contributed by atoms with Crippen molar-refractivity contribution in [3.05, 3.63) is 29.3 Å². The van der Waals surface area contributed by atoms with Gasteiger partial charge in [0.2, 0.25) is 5.95 Å². The molecule has 4 aromatic rings. The van der Waals surface area contributed by atoms with Gasteiger partial charge in [-0.25, -0.2) is 24.5 Å². The maximum Gasteiger partial charge on any atom is 0.472 e. The summed E-state index contributed by atoms with van der Waals surface area (Å²) in [5.74, 6) is -0.189. The molecule has 3 saturated heterocycles. The number of aromatic nitrogens is 8. The molecule has 10 atom stereocenters. The summed E-state index contributed by atoms with van der Waals surface area (Å²) >= 11 is 5.18. The van der Waals surface area contributed by atoms with E-state index in [1.165, 1.54) is 17.2 Å². The van der Waals surface area contributed by atoms with Gasteiger partial charge in [0, 0.05) is 0 Å². The number of rotatable bonds is 2. The Kier molecular flexibility index (Phi) is 7.52. The van der Waals surface area contributed by atoms with Crippen LogP contribution >= 0.6 is 14.5 Å². The molecule has 0 spiro atoms. The molecular formula is C20H24N10O12P2S. The van der Waals surface area contributed by atoms with E-state index >= 15 is 0 Å². The van der Waals surface area contributed by atoms with E-state index in [0.717, 1.165) is 10.9 Å². The number of nitrogens with two attached hydrogens (primary N) is 2. The third-order valence-corrected chi connectivity index (χ3v) is 9.87. The van der Waals surface area contributed by atoms with Crippen molar-refractivity contribution in [1.29, 1.82) is 0 Å². The van der Waals surface area contributed by atoms with Gasteiger partial charge >= 0.3 is 14.5 Å². The summed E-state index contributed by atoms with van der Waals surface area (Å²) in [5, 5.41) is 22.3. The molecule has 242 valence electrons. The lowest BCUT2D eigenvalue weighted by atomic mass is 10.1. The monoisotopic (exact) mass is 690 g/mol. The molecular weight excluding hydrogens is 666 g/mol. The topological polar surface area (TPSA) is 313 Å². The van der Waals surface area contributed by atoms with Crippen LogP contribution in [0.15, 0.2) is 23.8 Å². The number of nitrogens with zero attached hydrogens (tertiary/aromatic N) is 7. The summed E-state index contributed by atoms with van der Waals surface area (Å²) in [5.41, 5.74) is 11.0. The van der Waals surface area contributed by atoms with E-state index in [1.807, 2.05) is 0 Å². The summed E-state index contributed by atoms with van der Waals surface area (Å²) in [6, 6.07) is 0. The average Bonchev–Trinajstić information content (AvgIpc) is 3.72. The van der Waals surface area contributed by atoms with Gasteiger partial charge in [0.25, 0.3) is 5.56 Å². The van der Waals surface area contributed by atoms with Crippen LogP contribution in [0, 0.1) is 0 Å². The van der Waals surface area contributed by atoms with Crippen molar-refractivity contribution in [2.24, 2.45) is 0 Å². The zero-order valence-corrected chi connectivity index (χ0v) is 25.0. The highest BCUT2D eigenvalue weighted by Gasteiger charge is 2.53. The van der Waals surface area contributed by atoms with Crippen molar-refractivity contribution in [3.8, 4) is 0 Å². The number of aromatic amines is 1. The molecule has 3 aliphatic heterocycles. The van der Waals surface area contributed by atoms with Crippen molar-refractivity contribution >= 4 is 60.4 Å². The average molecular weight is 690 g/mol. The highest BCUT2D eigenvalue weighted by Crippen LogP contribution is 2.53. The van der Waals surface area contributed by atoms with Crippen molar-refractivity contribution < 1.29 is 52.1 Å². The molecule has 0 amide bonds. The highest BCUT2D eigenvalue weighted by molar-refractivity contribution is 8.07. The van der Waals surface area contributed by atoms with Crippen molar-refractivity contribution in [3.63, 3.8) is 0 Å². The minimum Gasteiger partial charge on any atom is -0.387 e. The Bertz CT molecular complexity index is 1940. The Hall–Kier alpha value is -3.02. The molecule has 0 aliphatic carbocycles. The number of ether oxygens (including phenoxy) is 2. The predicted octanol–water partition coefficient (Wildman–Crippen LogP) is -2.23. The summed E-state index contributed by atoms with van der Waals surface area (Å²) in [6.07, 6.45) is -8.15. The van der Waals surface area contributed by atoms with Crippen LogP contribution < -0.4 is 17.0 Å². The lowest BCUT2D eigenvalue weighted by Gasteiger charge is -2.27. The second-order valence-electron chi connectivity index (χ2n) is 10.1. The summed E-state index contributed by atoms with van der Waals surface area (Å²) in [6.45, 7) is -5.58. The van der Waals surface area contributed by atoms with E-state index in [2.05, 4.69) is 29.9 Å². The molecule has 9 N–H and O–H groups in total. The Balaban J connectivity index is 1.21. The number of aliphatic hydroxyl groups excluding tert-OH is 2. The molecule has 4 aromatic heterocycles. The molecule has 7 heterocycles. The Morgan fingerprint density at radius 3 is 2.36 bits per heavy atom. The number of aliphatic hydroxyl groups is 2. The minimum absolute atomic E-state index is 0.0677. The first kappa shape index (κ1) is 30.6. The van der Waals surface area contributed by atoms with Gasteiger partial charge in [-0.3, -0.25) is 32.5 Å². The van der Waals surface area contributed by atoms with E-state index in [4.69, 9.17) is 50.8 Å². The Morgan fingerprint density at radius 1 is 0.889 bits per heavy atom. The maximum atomic E-state index is 13.2. The third-order valence-electron chi connectivity index (χ3n) is 7.32. The first-order chi connectivity index (χ1) is 21.3. The fourth-order valence-electron chi connectivity index (χ4n) is 5.30. The molecule has 0 saturated carbocycles. The van der Waals surface area contributed by atoms with E-state index in [0.29, 0.717) is 0 Å². The second kappa shape index (κ2) is 11.1. The predicted molar refractivity (Wildman–Crippen MR) is 150 cm³/mol. The van der Waals surface area contributed by atoms with Crippen molar-refractivity contribution in [2.75, 3.05) is 24.7 Å². The lowest BCUT2D eigenvalue weighted by molar-refractivity contribution is -0.0647. The molecule has 7 rings (SSSR count). The lowest BCUT2D eigenvalue weighted by Crippen LogP contribution is -2.36. The molecule has 0 radical (unpaired) electrons. The van der Waals surface area contributed by atoms with Crippen molar-refractivity contribution in [1.82, 2.24) is 39.0 Å². The van der Waals surface area contributed by atoms with E-state index < -0.39 is 82.4 Å². The van der Waals surface area contributed by atoms with Gasteiger partial charge in [0.1, 0.15) is 48.5 Å². The van der Waals surface area contributed by atoms with Gasteiger partial charge in [-0.2, -0.15) is 4.98 Å². The fraction of sp³-hybridized carbons (Fsp3) is 0.500. The van der Waals surface area contributed by atoms with Crippen LogP contribution in [-0.2, 0) is 43.9 Å². The minimum atomic E-state index is -5.06. The molecule has 3 fully saturated rings. The quantitative estimate of drug-likeness (QED) is 0.109. The van der Waals surface area contributed by atoms with Crippen LogP contribution in [0.5, 0.6) is 0 Å². The van der Waals surface area contributed by atoms with Crippen molar-refractivity contribution in [2.45, 2.75) is 49.1 Å². The van der Waals surface area contributed by atoms with Gasteiger partial charge in [0.15, 0.2) is 35.1 Å². The van der Waals surface area contributed by atoms with Crippen LogP contribution in [0.2, 0.25) is 0 Å². The number of phosphoric acid groups is 1. The first-order valence-electron chi connectivity index (χ1n) is 13.0. The van der Waals surface area contributed by atoms with Crippen LogP contribution in [0.4, 0.5) is 11.8 Å². The molecule has 45 heavy (non-hydrogen) atoms. The number of hydrogen-bond acceptors (Lipinski definition) is 18. The Morgan fingerprint density at radius 2 is 1.58 bits per heavy atom. The van der Waals surface area contributed by atoms with Gasteiger partial charge in [-0.05, 0) is 11.8 Å². The third kappa shape index (κ3) is 5.44. The second-order valence-corrected chi connectivity index (χ2v) is 14.3. The zero-order chi connectivity index (χ0) is 31.8. The standard InChI is InChI=1S/C20H24N10O12P2S/c21-14-8-15(24-3-23-14)29(4-25-8)18-11(32)12-7(40-18)2-37-43(34,35)41-13-10(31)6(1-38-44(36,45)42-12)39-19(13)30-5-26-9-16(30)27-20(22)28-17(9)33/h3-7,10-13,18-19,31-32H,1-2H2,(H,34,35)(H,36,45)(H2,21,23,24)(H3,22,27,28,33)/t6-,7-,10?,11+,12?,13?,18-,19-,44?/m1/s1. The number of phosphoric ester groups is 1. The summed E-state index contributed by atoms with van der Waals surface area (Å²) < 4.78 is 49.2. The summed E-state index contributed by atoms with van der Waals surface area (Å²) in [7, 11) is -5.06. The summed E-state index contributed by atoms with van der Waals surface area (Å²) in [4.78, 5) is 56.4. The molecule has 22 nitrogen and oxygen atoms in total. The van der Waals surface area contributed by atoms with Gasteiger partial charge in [-0.1, -0.05) is 0 Å². The molecule has 2 bridgehead atoms. The number of nitrogens with one attached hydrogen (secondary N) is 1.